The van der Waals surface area contributed by atoms with Gasteiger partial charge in [-0.25, -0.2) is 9.97 Å². The summed E-state index contributed by atoms with van der Waals surface area (Å²) in [6.07, 6.45) is 9.92. The number of carbonyl (C=O) groups is 1. The second-order valence-electron chi connectivity index (χ2n) is 5.54. The fourth-order valence-corrected chi connectivity index (χ4v) is 2.73. The summed E-state index contributed by atoms with van der Waals surface area (Å²) in [5.41, 5.74) is 7.22. The number of nitriles is 1. The van der Waals surface area contributed by atoms with Gasteiger partial charge in [-0.05, 0) is 32.1 Å². The number of amides is 1. The molecule has 118 valence electrons. The first kappa shape index (κ1) is 15.0. The van der Waals surface area contributed by atoms with Gasteiger partial charge in [0.2, 0.25) is 5.88 Å². The molecule has 1 amide bonds. The van der Waals surface area contributed by atoms with E-state index in [-0.39, 0.29) is 11.7 Å². The Labute approximate surface area is 133 Å². The summed E-state index contributed by atoms with van der Waals surface area (Å²) >= 11 is 0. The predicted octanol–water partition coefficient (Wildman–Crippen LogP) is 1.76. The van der Waals surface area contributed by atoms with Gasteiger partial charge in [-0.15, -0.1) is 0 Å². The third-order valence-electron chi connectivity index (χ3n) is 3.94. The van der Waals surface area contributed by atoms with Crippen LogP contribution in [-0.4, -0.2) is 27.0 Å². The van der Waals surface area contributed by atoms with Crippen molar-refractivity contribution in [3.05, 3.63) is 29.6 Å². The van der Waals surface area contributed by atoms with Gasteiger partial charge in [0.1, 0.15) is 23.3 Å². The molecule has 1 fully saturated rings. The zero-order chi connectivity index (χ0) is 16.2. The van der Waals surface area contributed by atoms with E-state index < -0.39 is 5.91 Å². The third kappa shape index (κ3) is 3.31. The Bertz CT molecular complexity index is 796. The van der Waals surface area contributed by atoms with Crippen LogP contribution in [0.25, 0.3) is 11.2 Å². The Kier molecular flexibility index (Phi) is 4.24. The van der Waals surface area contributed by atoms with Crippen LogP contribution in [0.3, 0.4) is 0 Å². The number of hydrogen-bond donors (Lipinski definition) is 2. The predicted molar refractivity (Wildman–Crippen MR) is 83.4 cm³/mol. The van der Waals surface area contributed by atoms with Crippen LogP contribution in [0.15, 0.2) is 24.0 Å². The van der Waals surface area contributed by atoms with E-state index in [9.17, 15) is 4.79 Å². The lowest BCUT2D eigenvalue weighted by Gasteiger charge is -2.11. The van der Waals surface area contributed by atoms with Crippen molar-refractivity contribution in [1.29, 1.82) is 5.26 Å². The lowest BCUT2D eigenvalue weighted by atomic mass is 10.1. The molecule has 1 aliphatic carbocycles. The van der Waals surface area contributed by atoms with Gasteiger partial charge < -0.3 is 15.5 Å². The van der Waals surface area contributed by atoms with E-state index in [0.717, 1.165) is 18.4 Å². The van der Waals surface area contributed by atoms with Crippen LogP contribution in [0.2, 0.25) is 0 Å². The highest BCUT2D eigenvalue weighted by molar-refractivity contribution is 5.95. The van der Waals surface area contributed by atoms with E-state index in [0.29, 0.717) is 23.5 Å². The molecule has 3 rings (SSSR count). The van der Waals surface area contributed by atoms with Crippen LogP contribution in [0.1, 0.15) is 31.2 Å². The average molecular weight is 311 g/mol. The number of hydrogen-bond acceptors (Lipinski definition) is 5. The number of aromatic amines is 1. The Morgan fingerprint density at radius 1 is 1.52 bits per heavy atom. The fraction of sp³-hybridized carbons (Fsp3) is 0.375. The second-order valence-corrected chi connectivity index (χ2v) is 5.54. The van der Waals surface area contributed by atoms with Crippen LogP contribution in [-0.2, 0) is 11.2 Å². The molecule has 0 atom stereocenters. The second kappa shape index (κ2) is 6.48. The Morgan fingerprint density at radius 3 is 3.00 bits per heavy atom. The van der Waals surface area contributed by atoms with Crippen molar-refractivity contribution in [2.24, 2.45) is 5.73 Å². The van der Waals surface area contributed by atoms with E-state index >= 15 is 0 Å². The topological polar surface area (TPSA) is 118 Å². The van der Waals surface area contributed by atoms with Gasteiger partial charge >= 0.3 is 0 Å². The molecular weight excluding hydrogens is 294 g/mol. The molecule has 2 heterocycles. The quantitative estimate of drug-likeness (QED) is 0.644. The standard InChI is InChI=1S/C16H17N5O2/c17-7-10(15(18)22)5-6-11-8-19-16-14(11)21-13(9-20-16)23-12-3-1-2-4-12/h5,8-9,12H,1-4,6H2,(H2,18,22)(H,19,20). The molecule has 7 nitrogen and oxygen atoms in total. The number of nitrogens with one attached hydrogen (secondary N) is 1. The summed E-state index contributed by atoms with van der Waals surface area (Å²) in [5, 5.41) is 8.87. The molecule has 23 heavy (non-hydrogen) atoms. The summed E-state index contributed by atoms with van der Waals surface area (Å²) in [6.45, 7) is 0. The molecule has 0 aliphatic heterocycles. The van der Waals surface area contributed by atoms with Crippen molar-refractivity contribution >= 4 is 17.1 Å². The highest BCUT2D eigenvalue weighted by Crippen LogP contribution is 2.24. The molecule has 2 aromatic heterocycles. The van der Waals surface area contributed by atoms with Gasteiger partial charge in [-0.1, -0.05) is 6.08 Å². The number of ether oxygens (including phenoxy) is 1. The molecule has 0 unspecified atom stereocenters. The molecule has 0 bridgehead atoms. The average Bonchev–Trinajstić information content (AvgIpc) is 3.17. The number of carbonyl (C=O) groups excluding carboxylic acids is 1. The summed E-state index contributed by atoms with van der Waals surface area (Å²) in [6, 6.07) is 1.79. The number of allylic oxidation sites excluding steroid dienone is 1. The van der Waals surface area contributed by atoms with Gasteiger partial charge in [-0.2, -0.15) is 5.26 Å². The van der Waals surface area contributed by atoms with Gasteiger partial charge in [0.25, 0.3) is 5.91 Å². The Balaban J connectivity index is 1.83. The maximum Gasteiger partial charge on any atom is 0.259 e. The van der Waals surface area contributed by atoms with E-state index in [1.165, 1.54) is 18.9 Å². The van der Waals surface area contributed by atoms with Crippen molar-refractivity contribution in [1.82, 2.24) is 15.0 Å². The number of H-pyrrole nitrogens is 1. The molecule has 0 spiro atoms. The number of primary amides is 1. The van der Waals surface area contributed by atoms with Crippen molar-refractivity contribution < 1.29 is 9.53 Å². The minimum atomic E-state index is -0.733. The molecule has 3 N–H and O–H groups in total. The number of nitrogens with two attached hydrogens (primary N) is 1. The molecule has 0 saturated heterocycles. The zero-order valence-corrected chi connectivity index (χ0v) is 12.6. The van der Waals surface area contributed by atoms with E-state index in [1.54, 1.807) is 18.5 Å². The van der Waals surface area contributed by atoms with Gasteiger partial charge in [-0.3, -0.25) is 4.79 Å². The zero-order valence-electron chi connectivity index (χ0n) is 12.6. The van der Waals surface area contributed by atoms with Crippen LogP contribution in [0, 0.1) is 11.3 Å². The molecule has 1 aliphatic rings. The minimum absolute atomic E-state index is 0.0642. The van der Waals surface area contributed by atoms with Crippen LogP contribution >= 0.6 is 0 Å². The van der Waals surface area contributed by atoms with E-state index in [4.69, 9.17) is 15.7 Å². The molecule has 7 heteroatoms. The monoisotopic (exact) mass is 311 g/mol. The van der Waals surface area contributed by atoms with Crippen molar-refractivity contribution in [3.63, 3.8) is 0 Å². The lowest BCUT2D eigenvalue weighted by molar-refractivity contribution is -0.114. The van der Waals surface area contributed by atoms with Crippen molar-refractivity contribution in [2.75, 3.05) is 0 Å². The van der Waals surface area contributed by atoms with Gasteiger partial charge in [0.05, 0.1) is 6.20 Å². The highest BCUT2D eigenvalue weighted by atomic mass is 16.5. The smallest absolute Gasteiger partial charge is 0.259 e. The Hall–Kier alpha value is -2.88. The van der Waals surface area contributed by atoms with Gasteiger partial charge in [0, 0.05) is 11.8 Å². The normalized spacial score (nSPS) is 15.7. The largest absolute Gasteiger partial charge is 0.473 e. The summed E-state index contributed by atoms with van der Waals surface area (Å²) in [7, 11) is 0. The van der Waals surface area contributed by atoms with Crippen LogP contribution in [0.4, 0.5) is 0 Å². The number of rotatable bonds is 5. The summed E-state index contributed by atoms with van der Waals surface area (Å²) in [5.74, 6) is -0.228. The first-order chi connectivity index (χ1) is 11.2. The number of nitrogens with zero attached hydrogens (tertiary/aromatic N) is 3. The van der Waals surface area contributed by atoms with E-state index in [2.05, 4.69) is 15.0 Å². The van der Waals surface area contributed by atoms with Crippen molar-refractivity contribution in [2.45, 2.75) is 38.2 Å². The number of aromatic nitrogens is 3. The molecule has 0 aromatic carbocycles. The van der Waals surface area contributed by atoms with Gasteiger partial charge in [0.15, 0.2) is 5.65 Å². The summed E-state index contributed by atoms with van der Waals surface area (Å²) < 4.78 is 5.86. The lowest BCUT2D eigenvalue weighted by Crippen LogP contribution is -2.13. The molecular formula is C16H17N5O2. The SMILES string of the molecule is N#CC(=CCc1c[nH]c2ncc(OC3CCCC3)nc12)C(N)=O. The fourth-order valence-electron chi connectivity index (χ4n) is 2.73. The maximum absolute atomic E-state index is 11.1. The van der Waals surface area contributed by atoms with Crippen molar-refractivity contribution in [3.8, 4) is 11.9 Å². The molecule has 0 radical (unpaired) electrons. The molecule has 1 saturated carbocycles. The first-order valence-electron chi connectivity index (χ1n) is 7.57. The maximum atomic E-state index is 11.1. The first-order valence-corrected chi connectivity index (χ1v) is 7.57. The van der Waals surface area contributed by atoms with Crippen LogP contribution < -0.4 is 10.5 Å². The third-order valence-corrected chi connectivity index (χ3v) is 3.94. The summed E-state index contributed by atoms with van der Waals surface area (Å²) in [4.78, 5) is 22.9. The minimum Gasteiger partial charge on any atom is -0.473 e. The number of fused-ring (bicyclic) bond motifs is 1. The molecule has 2 aromatic rings. The highest BCUT2D eigenvalue weighted by Gasteiger charge is 2.18. The van der Waals surface area contributed by atoms with E-state index in [1.807, 2.05) is 0 Å². The Morgan fingerprint density at radius 2 is 2.30 bits per heavy atom. The van der Waals surface area contributed by atoms with Crippen LogP contribution in [0.5, 0.6) is 5.88 Å².